The van der Waals surface area contributed by atoms with Crippen molar-refractivity contribution in [2.75, 3.05) is 0 Å². The SMILES string of the molecule is CC12CCC3c4ccc(O)cc4CCC3C1CCC2=NN=Cc1c(F)c(F)c(F)c(F)c1F. The van der Waals surface area contributed by atoms with E-state index in [2.05, 4.69) is 17.1 Å². The molecule has 0 saturated heterocycles. The zero-order chi connectivity index (χ0) is 23.5. The normalized spacial score (nSPS) is 29.9. The Kier molecular flexibility index (Phi) is 5.29. The van der Waals surface area contributed by atoms with Crippen LogP contribution in [0.2, 0.25) is 0 Å². The molecule has 0 aromatic heterocycles. The molecule has 1 N–H and O–H groups in total. The highest BCUT2D eigenvalue weighted by molar-refractivity contribution is 5.93. The maximum atomic E-state index is 13.9. The third-order valence-corrected chi connectivity index (χ3v) is 8.06. The predicted octanol–water partition coefficient (Wildman–Crippen LogP) is 6.42. The van der Waals surface area contributed by atoms with Gasteiger partial charge >= 0.3 is 0 Å². The van der Waals surface area contributed by atoms with Crippen LogP contribution in [0, 0.1) is 46.3 Å². The van der Waals surface area contributed by atoms with Gasteiger partial charge in [-0.1, -0.05) is 13.0 Å². The number of hydrogen-bond acceptors (Lipinski definition) is 3. The van der Waals surface area contributed by atoms with Gasteiger partial charge in [-0.25, -0.2) is 22.0 Å². The lowest BCUT2D eigenvalue weighted by molar-refractivity contribution is 0.0955. The molecule has 2 aromatic carbocycles. The van der Waals surface area contributed by atoms with E-state index in [4.69, 9.17) is 0 Å². The minimum atomic E-state index is -2.19. The number of phenols is 1. The second kappa shape index (κ2) is 7.92. The van der Waals surface area contributed by atoms with Crippen molar-refractivity contribution < 1.29 is 27.1 Å². The fraction of sp³-hybridized carbons (Fsp3) is 0.440. The molecule has 4 atom stereocenters. The number of nitrogens with zero attached hydrogens (tertiary/aromatic N) is 2. The van der Waals surface area contributed by atoms with Crippen LogP contribution in [0.25, 0.3) is 0 Å². The lowest BCUT2D eigenvalue weighted by atomic mass is 9.55. The monoisotopic (exact) mass is 462 g/mol. The Bertz CT molecular complexity index is 1160. The summed E-state index contributed by atoms with van der Waals surface area (Å²) in [5.74, 6) is -8.48. The van der Waals surface area contributed by atoms with Gasteiger partial charge in [0, 0.05) is 11.1 Å². The van der Waals surface area contributed by atoms with Gasteiger partial charge in [-0.05, 0) is 79.5 Å². The van der Waals surface area contributed by atoms with E-state index in [1.165, 1.54) is 11.1 Å². The van der Waals surface area contributed by atoms with Crippen molar-refractivity contribution in [1.29, 1.82) is 0 Å². The summed E-state index contributed by atoms with van der Waals surface area (Å²) >= 11 is 0. The number of phenolic OH excluding ortho intramolecular Hbond substituents is 1. The molecule has 0 amide bonds. The first-order chi connectivity index (χ1) is 15.7. The molecular formula is C25H23F5N2O. The first-order valence-electron chi connectivity index (χ1n) is 11.2. The molecule has 2 saturated carbocycles. The molecule has 0 heterocycles. The van der Waals surface area contributed by atoms with Crippen LogP contribution in [0.4, 0.5) is 22.0 Å². The van der Waals surface area contributed by atoms with E-state index in [1.807, 2.05) is 12.1 Å². The van der Waals surface area contributed by atoms with Crippen molar-refractivity contribution >= 4 is 11.9 Å². The first kappa shape index (κ1) is 22.0. The van der Waals surface area contributed by atoms with Crippen molar-refractivity contribution in [3.05, 3.63) is 64.0 Å². The molecule has 5 rings (SSSR count). The van der Waals surface area contributed by atoms with Crippen LogP contribution in [-0.4, -0.2) is 17.0 Å². The van der Waals surface area contributed by atoms with Crippen molar-refractivity contribution in [1.82, 2.24) is 0 Å². The highest BCUT2D eigenvalue weighted by Gasteiger charge is 2.53. The molecule has 33 heavy (non-hydrogen) atoms. The summed E-state index contributed by atoms with van der Waals surface area (Å²) in [5, 5.41) is 17.8. The molecule has 0 bridgehead atoms. The van der Waals surface area contributed by atoms with E-state index < -0.39 is 34.6 Å². The molecule has 2 fully saturated rings. The number of hydrogen-bond donors (Lipinski definition) is 1. The Morgan fingerprint density at radius 3 is 2.36 bits per heavy atom. The highest BCUT2D eigenvalue weighted by atomic mass is 19.2. The lowest BCUT2D eigenvalue weighted by Gasteiger charge is -2.49. The summed E-state index contributed by atoms with van der Waals surface area (Å²) in [7, 11) is 0. The van der Waals surface area contributed by atoms with Crippen LogP contribution in [-0.2, 0) is 6.42 Å². The molecule has 8 heteroatoms. The molecule has 0 spiro atoms. The Balaban J connectivity index is 1.41. The molecule has 3 aliphatic rings. The summed E-state index contributed by atoms with van der Waals surface area (Å²) in [4.78, 5) is 0. The maximum Gasteiger partial charge on any atom is 0.200 e. The van der Waals surface area contributed by atoms with Crippen LogP contribution >= 0.6 is 0 Å². The van der Waals surface area contributed by atoms with Gasteiger partial charge in [-0.2, -0.15) is 10.2 Å². The number of fused-ring (bicyclic) bond motifs is 5. The van der Waals surface area contributed by atoms with E-state index in [-0.39, 0.29) is 11.2 Å². The van der Waals surface area contributed by atoms with Crippen molar-refractivity contribution in [2.45, 2.75) is 51.4 Å². The number of rotatable bonds is 2. The van der Waals surface area contributed by atoms with Crippen molar-refractivity contribution in [2.24, 2.45) is 27.5 Å². The Labute approximate surface area is 188 Å². The van der Waals surface area contributed by atoms with Crippen LogP contribution in [0.5, 0.6) is 5.75 Å². The fourth-order valence-corrected chi connectivity index (χ4v) is 6.41. The highest BCUT2D eigenvalue weighted by Crippen LogP contribution is 2.60. The number of halogens is 5. The average Bonchev–Trinajstić information content (AvgIpc) is 3.14. The summed E-state index contributed by atoms with van der Waals surface area (Å²) in [6.45, 7) is 2.14. The van der Waals surface area contributed by atoms with Crippen LogP contribution in [0.1, 0.15) is 61.6 Å². The summed E-state index contributed by atoms with van der Waals surface area (Å²) in [6, 6.07) is 5.63. The lowest BCUT2D eigenvalue weighted by Crippen LogP contribution is -2.42. The van der Waals surface area contributed by atoms with Gasteiger partial charge in [0.2, 0.25) is 5.82 Å². The van der Waals surface area contributed by atoms with E-state index in [9.17, 15) is 27.1 Å². The molecular weight excluding hydrogens is 439 g/mol. The van der Waals surface area contributed by atoms with E-state index in [0.717, 1.165) is 37.8 Å². The second-order valence-corrected chi connectivity index (χ2v) is 9.57. The van der Waals surface area contributed by atoms with Gasteiger partial charge < -0.3 is 5.11 Å². The molecule has 0 radical (unpaired) electrons. The Hall–Kier alpha value is -2.77. The molecule has 3 nitrogen and oxygen atoms in total. The van der Waals surface area contributed by atoms with Gasteiger partial charge in [0.1, 0.15) is 5.75 Å². The average molecular weight is 462 g/mol. The topological polar surface area (TPSA) is 45.0 Å². The summed E-state index contributed by atoms with van der Waals surface area (Å²) in [6.07, 6.45) is 5.95. The van der Waals surface area contributed by atoms with Gasteiger partial charge in [0.05, 0.1) is 11.8 Å². The first-order valence-corrected chi connectivity index (χ1v) is 11.2. The quantitative estimate of drug-likeness (QED) is 0.181. The minimum Gasteiger partial charge on any atom is -0.508 e. The van der Waals surface area contributed by atoms with Gasteiger partial charge in [-0.15, -0.1) is 0 Å². The summed E-state index contributed by atoms with van der Waals surface area (Å²) in [5.41, 5.74) is 2.01. The number of aromatic hydroxyl groups is 1. The fourth-order valence-electron chi connectivity index (χ4n) is 6.41. The Morgan fingerprint density at radius 1 is 0.939 bits per heavy atom. The van der Waals surface area contributed by atoms with Gasteiger partial charge in [-0.3, -0.25) is 0 Å². The molecule has 2 aromatic rings. The standard InChI is InChI=1S/C25H23F5N2O/c1-25-9-8-15-14-5-3-13(33)10-12(14)2-4-16(15)18(25)6-7-19(25)32-31-11-17-20(26)22(28)24(30)23(29)21(17)27/h3,5,10-11,15-16,18,33H,2,4,6-9H2,1H3. The zero-order valence-corrected chi connectivity index (χ0v) is 18.0. The van der Waals surface area contributed by atoms with Crippen molar-refractivity contribution in [3.63, 3.8) is 0 Å². The van der Waals surface area contributed by atoms with Gasteiger partial charge in [0.25, 0.3) is 0 Å². The zero-order valence-electron chi connectivity index (χ0n) is 18.0. The summed E-state index contributed by atoms with van der Waals surface area (Å²) < 4.78 is 67.9. The third kappa shape index (κ3) is 3.37. The number of benzene rings is 2. The van der Waals surface area contributed by atoms with Crippen molar-refractivity contribution in [3.8, 4) is 5.75 Å². The predicted molar refractivity (Wildman–Crippen MR) is 114 cm³/mol. The second-order valence-electron chi connectivity index (χ2n) is 9.57. The molecule has 0 aliphatic heterocycles. The van der Waals surface area contributed by atoms with Crippen LogP contribution in [0.15, 0.2) is 28.4 Å². The smallest absolute Gasteiger partial charge is 0.200 e. The maximum absolute atomic E-state index is 13.9. The molecule has 3 aliphatic carbocycles. The molecule has 174 valence electrons. The van der Waals surface area contributed by atoms with E-state index >= 15 is 0 Å². The number of aryl methyl sites for hydroxylation is 1. The largest absolute Gasteiger partial charge is 0.508 e. The van der Waals surface area contributed by atoms with Crippen LogP contribution < -0.4 is 0 Å². The minimum absolute atomic E-state index is 0.219. The van der Waals surface area contributed by atoms with Crippen LogP contribution in [0.3, 0.4) is 0 Å². The van der Waals surface area contributed by atoms with E-state index in [1.54, 1.807) is 6.07 Å². The Morgan fingerprint density at radius 2 is 1.64 bits per heavy atom. The molecule has 4 unspecified atom stereocenters. The van der Waals surface area contributed by atoms with E-state index in [0.29, 0.717) is 30.4 Å². The third-order valence-electron chi connectivity index (χ3n) is 8.06. The van der Waals surface area contributed by atoms with Gasteiger partial charge in [0.15, 0.2) is 23.3 Å².